The average Bonchev–Trinajstić information content (AvgIpc) is 2.94. The van der Waals surface area contributed by atoms with E-state index < -0.39 is 54.1 Å². The third kappa shape index (κ3) is 4.93. The molecule has 0 spiro atoms. The number of ether oxygens (including phenoxy) is 2. The normalized spacial score (nSPS) is 13.4. The van der Waals surface area contributed by atoms with Crippen LogP contribution in [0.15, 0.2) is 6.20 Å². The van der Waals surface area contributed by atoms with Crippen LogP contribution in [0.3, 0.4) is 0 Å². The van der Waals surface area contributed by atoms with Gasteiger partial charge in [-0.1, -0.05) is 0 Å². The SMILES string of the molecule is CNC(=O)C(NC(=O)c1cn(C)nc1C(F)(F)F)C(O)(COC)COC. The number of hydrogen-bond donors (Lipinski definition) is 3. The zero-order valence-corrected chi connectivity index (χ0v) is 14.7. The number of likely N-dealkylation sites (N-methyl/N-ethyl adjacent to an activating group) is 1. The molecule has 1 aromatic rings. The first-order chi connectivity index (χ1) is 12.0. The highest BCUT2D eigenvalue weighted by atomic mass is 19.4. The third-order valence-electron chi connectivity index (χ3n) is 3.45. The molecule has 0 aliphatic rings. The van der Waals surface area contributed by atoms with Crippen molar-refractivity contribution in [3.8, 4) is 0 Å². The molecule has 0 aliphatic heterocycles. The highest BCUT2D eigenvalue weighted by Gasteiger charge is 2.45. The molecule has 0 radical (unpaired) electrons. The lowest BCUT2D eigenvalue weighted by molar-refractivity contribution is -0.141. The lowest BCUT2D eigenvalue weighted by atomic mass is 9.94. The van der Waals surface area contributed by atoms with Crippen molar-refractivity contribution in [1.29, 1.82) is 0 Å². The van der Waals surface area contributed by atoms with Gasteiger partial charge in [0.1, 0.15) is 11.6 Å². The first-order valence-electron chi connectivity index (χ1n) is 7.33. The molecule has 9 nitrogen and oxygen atoms in total. The highest BCUT2D eigenvalue weighted by molar-refractivity contribution is 5.98. The monoisotopic (exact) mass is 382 g/mol. The fraction of sp³-hybridized carbons (Fsp3) is 0.643. The Labute approximate surface area is 147 Å². The number of nitrogens with one attached hydrogen (secondary N) is 2. The average molecular weight is 382 g/mol. The van der Waals surface area contributed by atoms with E-state index in [0.29, 0.717) is 0 Å². The second-order valence-electron chi connectivity index (χ2n) is 5.55. The standard InChI is InChI=1S/C14H21F3N4O5/c1-18-12(23)10(13(24,6-25-3)7-26-4)19-11(22)8-5-21(2)20-9(8)14(15,16)17/h5,10,24H,6-7H2,1-4H3,(H,18,23)(H,19,22). The summed E-state index contributed by atoms with van der Waals surface area (Å²) in [7, 11) is 4.94. The van der Waals surface area contributed by atoms with Crippen LogP contribution in [0.1, 0.15) is 16.1 Å². The van der Waals surface area contributed by atoms with Gasteiger partial charge >= 0.3 is 6.18 Å². The Morgan fingerprint density at radius 3 is 2.27 bits per heavy atom. The lowest BCUT2D eigenvalue weighted by Crippen LogP contribution is -2.63. The van der Waals surface area contributed by atoms with Crippen LogP contribution in [0.25, 0.3) is 0 Å². The molecule has 1 aromatic heterocycles. The predicted octanol–water partition coefficient (Wildman–Crippen LogP) is -0.693. The quantitative estimate of drug-likeness (QED) is 0.548. The predicted molar refractivity (Wildman–Crippen MR) is 82.2 cm³/mol. The molecule has 0 aliphatic carbocycles. The van der Waals surface area contributed by atoms with Gasteiger partial charge in [-0.05, 0) is 0 Å². The molecule has 3 N–H and O–H groups in total. The molecule has 12 heteroatoms. The molecule has 1 unspecified atom stereocenters. The van der Waals surface area contributed by atoms with Crippen molar-refractivity contribution in [3.05, 3.63) is 17.5 Å². The van der Waals surface area contributed by atoms with Gasteiger partial charge in [-0.3, -0.25) is 14.3 Å². The van der Waals surface area contributed by atoms with Crippen molar-refractivity contribution in [2.24, 2.45) is 7.05 Å². The van der Waals surface area contributed by atoms with Gasteiger partial charge in [0, 0.05) is 34.5 Å². The van der Waals surface area contributed by atoms with Gasteiger partial charge in [0.25, 0.3) is 5.91 Å². The largest absolute Gasteiger partial charge is 0.435 e. The van der Waals surface area contributed by atoms with Crippen LogP contribution >= 0.6 is 0 Å². The highest BCUT2D eigenvalue weighted by Crippen LogP contribution is 2.30. The van der Waals surface area contributed by atoms with E-state index in [0.717, 1.165) is 10.9 Å². The first-order valence-corrected chi connectivity index (χ1v) is 7.33. The molecule has 26 heavy (non-hydrogen) atoms. The minimum absolute atomic E-state index is 0.418. The number of hydrogen-bond acceptors (Lipinski definition) is 6. The molecular weight excluding hydrogens is 361 g/mol. The molecule has 1 heterocycles. The van der Waals surface area contributed by atoms with Crippen molar-refractivity contribution in [2.75, 3.05) is 34.5 Å². The Morgan fingerprint density at radius 1 is 1.31 bits per heavy atom. The number of aromatic nitrogens is 2. The zero-order chi connectivity index (χ0) is 20.1. The molecule has 2 amide bonds. The van der Waals surface area contributed by atoms with E-state index in [-0.39, 0.29) is 0 Å². The molecule has 0 bridgehead atoms. The van der Waals surface area contributed by atoms with Gasteiger partial charge in [-0.2, -0.15) is 18.3 Å². The Bertz CT molecular complexity index is 641. The van der Waals surface area contributed by atoms with Crippen LogP contribution in [0.2, 0.25) is 0 Å². The fourth-order valence-electron chi connectivity index (χ4n) is 2.37. The van der Waals surface area contributed by atoms with Gasteiger partial charge < -0.3 is 25.2 Å². The number of aliphatic hydroxyl groups is 1. The fourth-order valence-corrected chi connectivity index (χ4v) is 2.37. The Kier molecular flexibility index (Phi) is 7.12. The molecule has 1 rings (SSSR count). The van der Waals surface area contributed by atoms with Crippen molar-refractivity contribution in [3.63, 3.8) is 0 Å². The van der Waals surface area contributed by atoms with E-state index >= 15 is 0 Å². The maximum absolute atomic E-state index is 13.0. The number of halogens is 3. The Morgan fingerprint density at radius 2 is 1.85 bits per heavy atom. The van der Waals surface area contributed by atoms with E-state index in [9.17, 15) is 27.9 Å². The minimum Gasteiger partial charge on any atom is -0.382 e. The summed E-state index contributed by atoms with van der Waals surface area (Å²) in [5.41, 5.74) is -4.21. The number of amides is 2. The Balaban J connectivity index is 3.24. The molecule has 0 saturated heterocycles. The van der Waals surface area contributed by atoms with E-state index in [1.54, 1.807) is 0 Å². The zero-order valence-electron chi connectivity index (χ0n) is 14.7. The van der Waals surface area contributed by atoms with Crippen LogP contribution in [0.4, 0.5) is 13.2 Å². The molecule has 0 saturated carbocycles. The Hall–Kier alpha value is -2.18. The van der Waals surface area contributed by atoms with Crippen LogP contribution in [-0.2, 0) is 27.5 Å². The molecule has 1 atom stereocenters. The summed E-state index contributed by atoms with van der Waals surface area (Å²) >= 11 is 0. The van der Waals surface area contributed by atoms with Crippen molar-refractivity contribution in [1.82, 2.24) is 20.4 Å². The van der Waals surface area contributed by atoms with Crippen LogP contribution in [0.5, 0.6) is 0 Å². The second-order valence-corrected chi connectivity index (χ2v) is 5.55. The van der Waals surface area contributed by atoms with Crippen molar-refractivity contribution < 1.29 is 37.3 Å². The maximum Gasteiger partial charge on any atom is 0.435 e. The molecule has 0 aromatic carbocycles. The maximum atomic E-state index is 13.0. The van der Waals surface area contributed by atoms with E-state index in [4.69, 9.17) is 9.47 Å². The number of methoxy groups -OCH3 is 2. The van der Waals surface area contributed by atoms with Gasteiger partial charge in [-0.15, -0.1) is 0 Å². The van der Waals surface area contributed by atoms with Crippen LogP contribution < -0.4 is 10.6 Å². The second kappa shape index (κ2) is 8.47. The number of carbonyl (C=O) groups excluding carboxylic acids is 2. The minimum atomic E-state index is -4.87. The van der Waals surface area contributed by atoms with E-state index in [1.165, 1.54) is 28.3 Å². The van der Waals surface area contributed by atoms with E-state index in [1.807, 2.05) is 0 Å². The summed E-state index contributed by atoms with van der Waals surface area (Å²) in [4.78, 5) is 24.5. The number of alkyl halides is 3. The number of carbonyl (C=O) groups is 2. The number of aryl methyl sites for hydroxylation is 1. The number of nitrogens with zero attached hydrogens (tertiary/aromatic N) is 2. The summed E-state index contributed by atoms with van der Waals surface area (Å²) in [6.45, 7) is -0.837. The van der Waals surface area contributed by atoms with E-state index in [2.05, 4.69) is 15.7 Å². The van der Waals surface area contributed by atoms with Gasteiger partial charge in [0.05, 0.1) is 18.8 Å². The van der Waals surface area contributed by atoms with Crippen LogP contribution in [-0.4, -0.2) is 72.8 Å². The molecular formula is C14H21F3N4O5. The van der Waals surface area contributed by atoms with Crippen molar-refractivity contribution in [2.45, 2.75) is 17.8 Å². The third-order valence-corrected chi connectivity index (χ3v) is 3.45. The summed E-state index contributed by atoms with van der Waals surface area (Å²) in [6, 6.07) is -1.64. The summed E-state index contributed by atoms with van der Waals surface area (Å²) in [5, 5.41) is 18.2. The summed E-state index contributed by atoms with van der Waals surface area (Å²) in [6.07, 6.45) is -4.00. The summed E-state index contributed by atoms with van der Waals surface area (Å²) in [5.74, 6) is -2.07. The van der Waals surface area contributed by atoms with Crippen molar-refractivity contribution >= 4 is 11.8 Å². The van der Waals surface area contributed by atoms with Gasteiger partial charge in [0.15, 0.2) is 5.69 Å². The molecule has 0 fully saturated rings. The number of rotatable bonds is 8. The van der Waals surface area contributed by atoms with Gasteiger partial charge in [-0.25, -0.2) is 0 Å². The smallest absolute Gasteiger partial charge is 0.382 e. The first kappa shape index (κ1) is 21.9. The topological polar surface area (TPSA) is 115 Å². The summed E-state index contributed by atoms with van der Waals surface area (Å²) < 4.78 is 49.6. The van der Waals surface area contributed by atoms with Crippen LogP contribution in [0, 0.1) is 0 Å². The molecule has 148 valence electrons. The van der Waals surface area contributed by atoms with Gasteiger partial charge in [0.2, 0.25) is 5.91 Å². The lowest BCUT2D eigenvalue weighted by Gasteiger charge is -2.34.